The van der Waals surface area contributed by atoms with Crippen LogP contribution in [-0.2, 0) is 10.0 Å². The standard InChI is InChI=1S/C16H26N2O2S/c1-16(2,14-18-12-8-3-4-9-13-18)17-21(19,20)15-10-6-5-7-11-15/h5-7,10-11,17H,3-4,8-9,12-14H2,1-2H3/p+1. The van der Waals surface area contributed by atoms with E-state index in [1.165, 1.54) is 30.6 Å². The molecule has 5 heteroatoms. The van der Waals surface area contributed by atoms with E-state index in [-0.39, 0.29) is 0 Å². The highest BCUT2D eigenvalue weighted by Crippen LogP contribution is 2.12. The lowest BCUT2D eigenvalue weighted by Gasteiger charge is -2.30. The lowest BCUT2D eigenvalue weighted by molar-refractivity contribution is -0.902. The van der Waals surface area contributed by atoms with Gasteiger partial charge in [0.2, 0.25) is 10.0 Å². The first-order valence-corrected chi connectivity index (χ1v) is 9.30. The summed E-state index contributed by atoms with van der Waals surface area (Å²) in [5, 5.41) is 0. The van der Waals surface area contributed by atoms with Gasteiger partial charge in [0, 0.05) is 0 Å². The van der Waals surface area contributed by atoms with E-state index < -0.39 is 15.6 Å². The van der Waals surface area contributed by atoms with Gasteiger partial charge < -0.3 is 4.90 Å². The molecule has 1 fully saturated rings. The molecule has 1 aromatic carbocycles. The molecule has 1 aromatic rings. The fourth-order valence-corrected chi connectivity index (χ4v) is 4.52. The van der Waals surface area contributed by atoms with Crippen molar-refractivity contribution in [2.75, 3.05) is 19.6 Å². The molecule has 0 atom stereocenters. The van der Waals surface area contributed by atoms with Crippen molar-refractivity contribution in [2.24, 2.45) is 0 Å². The van der Waals surface area contributed by atoms with Gasteiger partial charge in [-0.2, -0.15) is 4.72 Å². The molecule has 0 saturated carbocycles. The molecule has 1 heterocycles. The molecule has 0 radical (unpaired) electrons. The van der Waals surface area contributed by atoms with Crippen LogP contribution in [0.4, 0.5) is 0 Å². The van der Waals surface area contributed by atoms with Crippen molar-refractivity contribution in [3.05, 3.63) is 30.3 Å². The summed E-state index contributed by atoms with van der Waals surface area (Å²) in [7, 11) is -3.44. The van der Waals surface area contributed by atoms with Crippen LogP contribution in [0.3, 0.4) is 0 Å². The van der Waals surface area contributed by atoms with Crippen molar-refractivity contribution in [1.82, 2.24) is 4.72 Å². The average molecular weight is 311 g/mol. The molecule has 0 spiro atoms. The summed E-state index contributed by atoms with van der Waals surface area (Å²) in [5.74, 6) is 0. The zero-order chi connectivity index (χ0) is 15.3. The van der Waals surface area contributed by atoms with Gasteiger partial charge in [-0.25, -0.2) is 8.42 Å². The summed E-state index contributed by atoms with van der Waals surface area (Å²) < 4.78 is 27.7. The number of likely N-dealkylation sites (tertiary alicyclic amines) is 1. The molecule has 1 aliphatic heterocycles. The molecule has 0 aliphatic carbocycles. The summed E-state index contributed by atoms with van der Waals surface area (Å²) in [5.41, 5.74) is -0.436. The van der Waals surface area contributed by atoms with Crippen LogP contribution in [0.25, 0.3) is 0 Å². The van der Waals surface area contributed by atoms with E-state index in [1.54, 1.807) is 24.3 Å². The minimum absolute atomic E-state index is 0.337. The van der Waals surface area contributed by atoms with Crippen LogP contribution >= 0.6 is 0 Å². The molecule has 1 saturated heterocycles. The second kappa shape index (κ2) is 6.90. The van der Waals surface area contributed by atoms with Gasteiger partial charge in [0.15, 0.2) is 0 Å². The molecule has 21 heavy (non-hydrogen) atoms. The maximum absolute atomic E-state index is 12.4. The third-order valence-electron chi connectivity index (χ3n) is 3.97. The summed E-state index contributed by atoms with van der Waals surface area (Å²) in [4.78, 5) is 1.84. The monoisotopic (exact) mass is 311 g/mol. The topological polar surface area (TPSA) is 50.6 Å². The quantitative estimate of drug-likeness (QED) is 0.858. The lowest BCUT2D eigenvalue weighted by Crippen LogP contribution is -3.14. The van der Waals surface area contributed by atoms with Crippen LogP contribution in [0.2, 0.25) is 0 Å². The molecular weight excluding hydrogens is 284 g/mol. The summed E-state index contributed by atoms with van der Waals surface area (Å²) in [6.45, 7) is 7.09. The van der Waals surface area contributed by atoms with Gasteiger partial charge in [0.1, 0.15) is 0 Å². The molecule has 0 bridgehead atoms. The first-order chi connectivity index (χ1) is 9.89. The van der Waals surface area contributed by atoms with Crippen LogP contribution < -0.4 is 9.62 Å². The Morgan fingerprint density at radius 1 is 1.05 bits per heavy atom. The average Bonchev–Trinajstić information content (AvgIpc) is 2.66. The van der Waals surface area contributed by atoms with E-state index in [1.807, 2.05) is 19.9 Å². The normalized spacial score (nSPS) is 18.4. The highest BCUT2D eigenvalue weighted by Gasteiger charge is 2.30. The van der Waals surface area contributed by atoms with Gasteiger partial charge in [0.25, 0.3) is 0 Å². The molecule has 2 rings (SSSR count). The van der Waals surface area contributed by atoms with Crippen molar-refractivity contribution >= 4 is 10.0 Å². The zero-order valence-electron chi connectivity index (χ0n) is 13.1. The number of quaternary nitrogens is 1. The van der Waals surface area contributed by atoms with Crippen LogP contribution in [0.15, 0.2) is 35.2 Å². The highest BCUT2D eigenvalue weighted by atomic mass is 32.2. The number of hydrogen-bond donors (Lipinski definition) is 2. The van der Waals surface area contributed by atoms with Crippen molar-refractivity contribution in [2.45, 2.75) is 50.0 Å². The number of nitrogens with one attached hydrogen (secondary N) is 2. The molecule has 0 amide bonds. The molecule has 4 nitrogen and oxygen atoms in total. The van der Waals surface area contributed by atoms with Gasteiger partial charge in [-0.15, -0.1) is 0 Å². The molecule has 118 valence electrons. The Bertz CT molecular complexity index is 533. The van der Waals surface area contributed by atoms with Gasteiger partial charge in [-0.3, -0.25) is 0 Å². The number of benzene rings is 1. The molecule has 0 aromatic heterocycles. The van der Waals surface area contributed by atoms with Crippen molar-refractivity contribution < 1.29 is 13.3 Å². The van der Waals surface area contributed by atoms with E-state index in [0.717, 1.165) is 19.6 Å². The minimum Gasteiger partial charge on any atom is -0.333 e. The van der Waals surface area contributed by atoms with Gasteiger partial charge in [-0.1, -0.05) is 18.2 Å². The van der Waals surface area contributed by atoms with E-state index >= 15 is 0 Å². The Morgan fingerprint density at radius 3 is 2.19 bits per heavy atom. The van der Waals surface area contributed by atoms with E-state index in [9.17, 15) is 8.42 Å². The number of rotatable bonds is 5. The smallest absolute Gasteiger partial charge is 0.241 e. The van der Waals surface area contributed by atoms with Crippen LogP contribution in [0.1, 0.15) is 39.5 Å². The second-order valence-corrected chi connectivity index (χ2v) is 8.33. The largest absolute Gasteiger partial charge is 0.333 e. The first kappa shape index (κ1) is 16.5. The van der Waals surface area contributed by atoms with Crippen LogP contribution in [0.5, 0.6) is 0 Å². The maximum Gasteiger partial charge on any atom is 0.241 e. The SMILES string of the molecule is CC(C)(C[NH+]1CCCCCC1)NS(=O)(=O)c1ccccc1. The van der Waals surface area contributed by atoms with Gasteiger partial charge >= 0.3 is 0 Å². The Labute approximate surface area is 128 Å². The van der Waals surface area contributed by atoms with Crippen molar-refractivity contribution in [3.8, 4) is 0 Å². The van der Waals surface area contributed by atoms with Crippen molar-refractivity contribution in [1.29, 1.82) is 0 Å². The van der Waals surface area contributed by atoms with E-state index in [4.69, 9.17) is 0 Å². The van der Waals surface area contributed by atoms with Crippen molar-refractivity contribution in [3.63, 3.8) is 0 Å². The summed E-state index contributed by atoms with van der Waals surface area (Å²) in [6, 6.07) is 8.60. The Kier molecular flexibility index (Phi) is 5.41. The Morgan fingerprint density at radius 2 is 1.62 bits per heavy atom. The maximum atomic E-state index is 12.4. The highest BCUT2D eigenvalue weighted by molar-refractivity contribution is 7.89. The third-order valence-corrected chi connectivity index (χ3v) is 5.68. The zero-order valence-corrected chi connectivity index (χ0v) is 13.9. The number of sulfonamides is 1. The van der Waals surface area contributed by atoms with Gasteiger partial charge in [0.05, 0.1) is 30.1 Å². The summed E-state index contributed by atoms with van der Waals surface area (Å²) >= 11 is 0. The Balaban J connectivity index is 2.02. The fourth-order valence-electron chi connectivity index (χ4n) is 3.09. The third kappa shape index (κ3) is 5.09. The molecule has 0 unspecified atom stereocenters. The summed E-state index contributed by atoms with van der Waals surface area (Å²) in [6.07, 6.45) is 5.10. The second-order valence-electron chi connectivity index (χ2n) is 6.64. The van der Waals surface area contributed by atoms with E-state index in [2.05, 4.69) is 4.72 Å². The molecule has 2 N–H and O–H groups in total. The predicted molar refractivity (Wildman–Crippen MR) is 84.9 cm³/mol. The predicted octanol–water partition coefficient (Wildman–Crippen LogP) is 1.20. The molecular formula is C16H27N2O2S+. The first-order valence-electron chi connectivity index (χ1n) is 7.82. The Hall–Kier alpha value is -0.910. The van der Waals surface area contributed by atoms with Crippen LogP contribution in [-0.4, -0.2) is 33.6 Å². The fraction of sp³-hybridized carbons (Fsp3) is 0.625. The van der Waals surface area contributed by atoms with Crippen LogP contribution in [0, 0.1) is 0 Å². The minimum atomic E-state index is -3.44. The van der Waals surface area contributed by atoms with Gasteiger partial charge in [-0.05, 0) is 51.7 Å². The number of hydrogen-bond acceptors (Lipinski definition) is 2. The lowest BCUT2D eigenvalue weighted by atomic mass is 10.1. The molecule has 1 aliphatic rings. The van der Waals surface area contributed by atoms with E-state index in [0.29, 0.717) is 4.90 Å².